The van der Waals surface area contributed by atoms with Gasteiger partial charge in [0.05, 0.1) is 25.8 Å². The van der Waals surface area contributed by atoms with Crippen molar-refractivity contribution in [1.29, 1.82) is 0 Å². The summed E-state index contributed by atoms with van der Waals surface area (Å²) in [6, 6.07) is 17.9. The molecule has 4 rings (SSSR count). The van der Waals surface area contributed by atoms with Crippen LogP contribution in [0.4, 0.5) is 5.69 Å². The molecule has 0 spiro atoms. The molecule has 8 nitrogen and oxygen atoms in total. The van der Waals surface area contributed by atoms with Crippen LogP contribution in [0.5, 0.6) is 11.5 Å². The Morgan fingerprint density at radius 2 is 1.76 bits per heavy atom. The Morgan fingerprint density at radius 1 is 1.00 bits per heavy atom. The monoisotopic (exact) mass is 542 g/mol. The summed E-state index contributed by atoms with van der Waals surface area (Å²) in [5, 5.41) is 3.19. The molecule has 1 N–H and O–H groups in total. The van der Waals surface area contributed by atoms with E-state index in [-0.39, 0.29) is 41.0 Å². The fourth-order valence-corrected chi connectivity index (χ4v) is 6.16. The maximum atomic E-state index is 13.5. The van der Waals surface area contributed by atoms with Crippen molar-refractivity contribution in [3.05, 3.63) is 82.9 Å². The van der Waals surface area contributed by atoms with E-state index < -0.39 is 15.9 Å². The molecule has 0 radical (unpaired) electrons. The van der Waals surface area contributed by atoms with Gasteiger partial charge < -0.3 is 14.8 Å². The highest BCUT2D eigenvalue weighted by atomic mass is 35.5. The van der Waals surface area contributed by atoms with Crippen molar-refractivity contribution < 1.29 is 27.5 Å². The van der Waals surface area contributed by atoms with Crippen LogP contribution in [0.2, 0.25) is 5.02 Å². The zero-order chi connectivity index (χ0) is 26.6. The number of rotatable bonds is 8. The molecule has 0 saturated carbocycles. The van der Waals surface area contributed by atoms with E-state index in [0.29, 0.717) is 34.9 Å². The van der Waals surface area contributed by atoms with Crippen LogP contribution in [0, 0.1) is 5.92 Å². The van der Waals surface area contributed by atoms with Gasteiger partial charge >= 0.3 is 0 Å². The Bertz CT molecular complexity index is 1410. The van der Waals surface area contributed by atoms with E-state index >= 15 is 0 Å². The van der Waals surface area contributed by atoms with Gasteiger partial charge in [-0.25, -0.2) is 8.42 Å². The molecule has 1 saturated heterocycles. The standard InChI is InChI=1S/C27H27ClN2O6S/c1-35-21-11-13-24(36-2)25(16-21)37(33,34)30-14-6-9-19(17-30)27(32)29-23-12-10-20(28)15-22(23)26(31)18-7-4-3-5-8-18/h3-5,7-8,10-13,15-16,19H,6,9,14,17H2,1-2H3,(H,29,32)/t19-/m1/s1. The lowest BCUT2D eigenvalue weighted by Gasteiger charge is -2.31. The number of benzene rings is 3. The highest BCUT2D eigenvalue weighted by molar-refractivity contribution is 7.89. The van der Waals surface area contributed by atoms with E-state index in [1.54, 1.807) is 48.5 Å². The molecule has 194 valence electrons. The Kier molecular flexibility index (Phi) is 8.16. The van der Waals surface area contributed by atoms with E-state index in [9.17, 15) is 18.0 Å². The number of carbonyl (C=O) groups excluding carboxylic acids is 2. The third-order valence-corrected chi connectivity index (χ3v) is 8.39. The number of anilines is 1. The summed E-state index contributed by atoms with van der Waals surface area (Å²) in [6.45, 7) is 0.259. The molecule has 3 aromatic rings. The van der Waals surface area contributed by atoms with Crippen LogP contribution in [-0.2, 0) is 14.8 Å². The number of piperidine rings is 1. The molecule has 1 heterocycles. The number of sulfonamides is 1. The second-order valence-electron chi connectivity index (χ2n) is 8.59. The Hall–Kier alpha value is -3.40. The maximum Gasteiger partial charge on any atom is 0.246 e. The first kappa shape index (κ1) is 26.7. The van der Waals surface area contributed by atoms with Crippen LogP contribution in [0.1, 0.15) is 28.8 Å². The zero-order valence-corrected chi connectivity index (χ0v) is 22.0. The molecule has 1 amide bonds. The van der Waals surface area contributed by atoms with Crippen LogP contribution in [0.3, 0.4) is 0 Å². The van der Waals surface area contributed by atoms with Gasteiger partial charge in [0.15, 0.2) is 5.78 Å². The second-order valence-corrected chi connectivity index (χ2v) is 10.9. The minimum Gasteiger partial charge on any atom is -0.497 e. The van der Waals surface area contributed by atoms with Gasteiger partial charge in [-0.15, -0.1) is 0 Å². The molecule has 10 heteroatoms. The SMILES string of the molecule is COc1ccc(OC)c(S(=O)(=O)N2CCC[C@@H](C(=O)Nc3ccc(Cl)cc3C(=O)c3ccccc3)C2)c1. The topological polar surface area (TPSA) is 102 Å². The molecule has 0 unspecified atom stereocenters. The third kappa shape index (κ3) is 5.79. The van der Waals surface area contributed by atoms with Gasteiger partial charge in [0.1, 0.15) is 16.4 Å². The lowest BCUT2D eigenvalue weighted by Crippen LogP contribution is -2.43. The summed E-state index contributed by atoms with van der Waals surface area (Å²) in [5.41, 5.74) is 1.04. The summed E-state index contributed by atoms with van der Waals surface area (Å²) in [7, 11) is -1.12. The summed E-state index contributed by atoms with van der Waals surface area (Å²) >= 11 is 6.15. The predicted molar refractivity (Wildman–Crippen MR) is 141 cm³/mol. The number of ketones is 1. The van der Waals surface area contributed by atoms with Gasteiger partial charge in [-0.3, -0.25) is 9.59 Å². The average Bonchev–Trinajstić information content (AvgIpc) is 2.93. The van der Waals surface area contributed by atoms with Crippen molar-refractivity contribution in [2.45, 2.75) is 17.7 Å². The van der Waals surface area contributed by atoms with Crippen LogP contribution in [-0.4, -0.2) is 51.7 Å². The number of nitrogens with one attached hydrogen (secondary N) is 1. The van der Waals surface area contributed by atoms with Crippen molar-refractivity contribution in [1.82, 2.24) is 4.31 Å². The average molecular weight is 543 g/mol. The molecule has 0 aromatic heterocycles. The minimum absolute atomic E-state index is 0.00984. The minimum atomic E-state index is -3.96. The Morgan fingerprint density at radius 3 is 2.46 bits per heavy atom. The normalized spacial score (nSPS) is 16.1. The van der Waals surface area contributed by atoms with Gasteiger partial charge in [0.2, 0.25) is 15.9 Å². The van der Waals surface area contributed by atoms with Crippen molar-refractivity contribution in [2.75, 3.05) is 32.6 Å². The molecular formula is C27H27ClN2O6S. The first-order valence-corrected chi connectivity index (χ1v) is 13.5. The predicted octanol–water partition coefficient (Wildman–Crippen LogP) is 4.63. The molecule has 1 aliphatic heterocycles. The molecule has 0 bridgehead atoms. The van der Waals surface area contributed by atoms with E-state index in [4.69, 9.17) is 21.1 Å². The summed E-state index contributed by atoms with van der Waals surface area (Å²) < 4.78 is 38.8. The summed E-state index contributed by atoms with van der Waals surface area (Å²) in [6.07, 6.45) is 1.00. The van der Waals surface area contributed by atoms with Gasteiger partial charge in [-0.2, -0.15) is 4.31 Å². The van der Waals surface area contributed by atoms with E-state index in [1.165, 1.54) is 36.7 Å². The third-order valence-electron chi connectivity index (χ3n) is 6.26. The van der Waals surface area contributed by atoms with Crippen LogP contribution < -0.4 is 14.8 Å². The smallest absolute Gasteiger partial charge is 0.246 e. The fourth-order valence-electron chi connectivity index (χ4n) is 4.29. The highest BCUT2D eigenvalue weighted by Crippen LogP contribution is 2.33. The number of methoxy groups -OCH3 is 2. The first-order chi connectivity index (χ1) is 17.7. The van der Waals surface area contributed by atoms with Crippen molar-refractivity contribution in [3.63, 3.8) is 0 Å². The van der Waals surface area contributed by atoms with Crippen LogP contribution in [0.15, 0.2) is 71.6 Å². The molecular weight excluding hydrogens is 516 g/mol. The van der Waals surface area contributed by atoms with Crippen molar-refractivity contribution >= 4 is 39.0 Å². The molecule has 37 heavy (non-hydrogen) atoms. The number of carbonyl (C=O) groups is 2. The first-order valence-electron chi connectivity index (χ1n) is 11.7. The van der Waals surface area contributed by atoms with Crippen molar-refractivity contribution in [2.24, 2.45) is 5.92 Å². The number of hydrogen-bond acceptors (Lipinski definition) is 6. The lowest BCUT2D eigenvalue weighted by atomic mass is 9.97. The van der Waals surface area contributed by atoms with Crippen LogP contribution in [0.25, 0.3) is 0 Å². The summed E-state index contributed by atoms with van der Waals surface area (Å²) in [5.74, 6) is -0.699. The molecule has 3 aromatic carbocycles. The summed E-state index contributed by atoms with van der Waals surface area (Å²) in [4.78, 5) is 26.4. The Labute approximate surface area is 221 Å². The number of amides is 1. The lowest BCUT2D eigenvalue weighted by molar-refractivity contribution is -0.120. The fraction of sp³-hybridized carbons (Fsp3) is 0.259. The highest BCUT2D eigenvalue weighted by Gasteiger charge is 2.35. The molecule has 0 aliphatic carbocycles. The Balaban J connectivity index is 1.56. The van der Waals surface area contributed by atoms with Gasteiger partial charge in [0, 0.05) is 35.3 Å². The number of halogens is 1. The number of hydrogen-bond donors (Lipinski definition) is 1. The number of ether oxygens (including phenoxy) is 2. The zero-order valence-electron chi connectivity index (χ0n) is 20.4. The molecule has 1 atom stereocenters. The quantitative estimate of drug-likeness (QED) is 0.416. The second kappa shape index (κ2) is 11.3. The van der Waals surface area contributed by atoms with Gasteiger partial charge in [-0.1, -0.05) is 41.9 Å². The van der Waals surface area contributed by atoms with Gasteiger partial charge in [0.25, 0.3) is 0 Å². The molecule has 1 fully saturated rings. The van der Waals surface area contributed by atoms with E-state index in [2.05, 4.69) is 5.32 Å². The van der Waals surface area contributed by atoms with E-state index in [1.807, 2.05) is 0 Å². The molecule has 1 aliphatic rings. The van der Waals surface area contributed by atoms with Gasteiger partial charge in [-0.05, 0) is 43.2 Å². The van der Waals surface area contributed by atoms with E-state index in [0.717, 1.165) is 0 Å². The van der Waals surface area contributed by atoms with Crippen LogP contribution >= 0.6 is 11.6 Å². The number of nitrogens with zero attached hydrogens (tertiary/aromatic N) is 1. The largest absolute Gasteiger partial charge is 0.497 e. The maximum absolute atomic E-state index is 13.5. The van der Waals surface area contributed by atoms with Crippen molar-refractivity contribution in [3.8, 4) is 11.5 Å².